The van der Waals surface area contributed by atoms with Gasteiger partial charge in [0.1, 0.15) is 0 Å². The van der Waals surface area contributed by atoms with Crippen LogP contribution in [0.2, 0.25) is 0 Å². The minimum atomic E-state index is 0.624. The van der Waals surface area contributed by atoms with E-state index in [9.17, 15) is 0 Å². The lowest BCUT2D eigenvalue weighted by molar-refractivity contribution is 0.324. The van der Waals surface area contributed by atoms with Crippen molar-refractivity contribution in [2.24, 2.45) is 0 Å². The number of benzene rings is 1. The van der Waals surface area contributed by atoms with Gasteiger partial charge in [-0.2, -0.15) is 0 Å². The molecular weight excluding hydrogens is 204 g/mol. The predicted octanol–water partition coefficient (Wildman–Crippen LogP) is 3.14. The predicted molar refractivity (Wildman–Crippen MR) is 65.4 cm³/mol. The summed E-state index contributed by atoms with van der Waals surface area (Å²) in [6.07, 6.45) is 5.11. The lowest BCUT2D eigenvalue weighted by atomic mass is 10.1. The minimum absolute atomic E-state index is 0.624. The second-order valence-electron chi connectivity index (χ2n) is 3.27. The van der Waals surface area contributed by atoms with Crippen molar-refractivity contribution in [1.29, 1.82) is 0 Å². The van der Waals surface area contributed by atoms with Crippen molar-refractivity contribution in [3.05, 3.63) is 23.8 Å². The zero-order valence-corrected chi connectivity index (χ0v) is 10.2. The zero-order valence-electron chi connectivity index (χ0n) is 10.2. The fourth-order valence-electron chi connectivity index (χ4n) is 1.45. The van der Waals surface area contributed by atoms with Crippen molar-refractivity contribution < 1.29 is 14.2 Å². The highest BCUT2D eigenvalue weighted by Gasteiger charge is 2.11. The largest absolute Gasteiger partial charge is 0.493 e. The maximum atomic E-state index is 5.26. The lowest BCUT2D eigenvalue weighted by Crippen LogP contribution is -1.95. The summed E-state index contributed by atoms with van der Waals surface area (Å²) in [7, 11) is 4.83. The normalized spacial score (nSPS) is 10.5. The van der Waals surface area contributed by atoms with E-state index in [0.717, 1.165) is 12.0 Å². The van der Waals surface area contributed by atoms with Gasteiger partial charge in [-0.1, -0.05) is 19.1 Å². The molecule has 0 aliphatic heterocycles. The Balaban J connectivity index is 3.20. The van der Waals surface area contributed by atoms with Gasteiger partial charge in [-0.25, -0.2) is 0 Å². The van der Waals surface area contributed by atoms with Crippen LogP contribution in [0.15, 0.2) is 18.2 Å². The Morgan fingerprint density at radius 3 is 1.94 bits per heavy atom. The Morgan fingerprint density at radius 1 is 1.00 bits per heavy atom. The van der Waals surface area contributed by atoms with Gasteiger partial charge >= 0.3 is 0 Å². The molecule has 0 saturated carbocycles. The maximum absolute atomic E-state index is 5.26. The van der Waals surface area contributed by atoms with E-state index in [1.807, 2.05) is 18.2 Å². The van der Waals surface area contributed by atoms with Gasteiger partial charge in [-0.15, -0.1) is 0 Å². The number of allylic oxidation sites excluding steroid dienone is 1. The molecule has 0 bridgehead atoms. The number of ether oxygens (including phenoxy) is 3. The second-order valence-corrected chi connectivity index (χ2v) is 3.27. The molecule has 0 saturated heterocycles. The van der Waals surface area contributed by atoms with Crippen molar-refractivity contribution in [3.63, 3.8) is 0 Å². The van der Waals surface area contributed by atoms with Crippen LogP contribution in [-0.2, 0) is 0 Å². The highest BCUT2D eigenvalue weighted by Crippen LogP contribution is 2.38. The van der Waals surface area contributed by atoms with Crippen LogP contribution in [-0.4, -0.2) is 21.3 Å². The molecule has 0 aromatic heterocycles. The average Bonchev–Trinajstić information content (AvgIpc) is 2.34. The first-order valence-electron chi connectivity index (χ1n) is 5.23. The Labute approximate surface area is 96.6 Å². The maximum Gasteiger partial charge on any atom is 0.203 e. The number of methoxy groups -OCH3 is 3. The second kappa shape index (κ2) is 6.05. The van der Waals surface area contributed by atoms with Crippen LogP contribution in [0.25, 0.3) is 6.08 Å². The zero-order chi connectivity index (χ0) is 12.0. The van der Waals surface area contributed by atoms with Gasteiger partial charge in [0.2, 0.25) is 5.75 Å². The van der Waals surface area contributed by atoms with Gasteiger partial charge in [0.05, 0.1) is 21.3 Å². The van der Waals surface area contributed by atoms with E-state index in [1.165, 1.54) is 0 Å². The Hall–Kier alpha value is -1.64. The summed E-state index contributed by atoms with van der Waals surface area (Å²) in [5, 5.41) is 0. The van der Waals surface area contributed by atoms with Crippen molar-refractivity contribution >= 4 is 6.08 Å². The van der Waals surface area contributed by atoms with Crippen LogP contribution in [0, 0.1) is 0 Å². The standard InChI is InChI=1S/C13H18O3/c1-5-6-7-10-8-11(14-2)13(16-4)12(9-10)15-3/h6-9H,5H2,1-4H3. The van der Waals surface area contributed by atoms with Crippen molar-refractivity contribution in [1.82, 2.24) is 0 Å². The topological polar surface area (TPSA) is 27.7 Å². The fourth-order valence-corrected chi connectivity index (χ4v) is 1.45. The summed E-state index contributed by atoms with van der Waals surface area (Å²) >= 11 is 0. The van der Waals surface area contributed by atoms with Crippen molar-refractivity contribution in [3.8, 4) is 17.2 Å². The summed E-state index contributed by atoms with van der Waals surface area (Å²) < 4.78 is 15.8. The molecule has 0 N–H and O–H groups in total. The molecule has 3 heteroatoms. The average molecular weight is 222 g/mol. The first-order chi connectivity index (χ1) is 7.76. The van der Waals surface area contributed by atoms with E-state index in [0.29, 0.717) is 17.2 Å². The first-order valence-corrected chi connectivity index (χ1v) is 5.23. The molecular formula is C13H18O3. The molecule has 0 aliphatic rings. The first kappa shape index (κ1) is 12.4. The third kappa shape index (κ3) is 2.69. The molecule has 1 aromatic rings. The molecule has 88 valence electrons. The molecule has 0 heterocycles. The monoisotopic (exact) mass is 222 g/mol. The SMILES string of the molecule is CCC=Cc1cc(OC)c(OC)c(OC)c1. The van der Waals surface area contributed by atoms with Crippen molar-refractivity contribution in [2.75, 3.05) is 21.3 Å². The van der Waals surface area contributed by atoms with Gasteiger partial charge in [0.15, 0.2) is 11.5 Å². The molecule has 0 unspecified atom stereocenters. The number of rotatable bonds is 5. The van der Waals surface area contributed by atoms with E-state index < -0.39 is 0 Å². The molecule has 0 aliphatic carbocycles. The molecule has 0 amide bonds. The van der Waals surface area contributed by atoms with Crippen LogP contribution in [0.4, 0.5) is 0 Å². The fraction of sp³-hybridized carbons (Fsp3) is 0.385. The molecule has 16 heavy (non-hydrogen) atoms. The lowest BCUT2D eigenvalue weighted by Gasteiger charge is -2.12. The highest BCUT2D eigenvalue weighted by atomic mass is 16.5. The summed E-state index contributed by atoms with van der Waals surface area (Å²) in [4.78, 5) is 0. The van der Waals surface area contributed by atoms with Gasteiger partial charge < -0.3 is 14.2 Å². The Morgan fingerprint density at radius 2 is 1.56 bits per heavy atom. The van der Waals surface area contributed by atoms with Crippen LogP contribution >= 0.6 is 0 Å². The van der Waals surface area contributed by atoms with E-state index >= 15 is 0 Å². The quantitative estimate of drug-likeness (QED) is 0.766. The van der Waals surface area contributed by atoms with Gasteiger partial charge in [-0.05, 0) is 24.1 Å². The van der Waals surface area contributed by atoms with E-state index in [2.05, 4.69) is 13.0 Å². The van der Waals surface area contributed by atoms with Crippen LogP contribution in [0.3, 0.4) is 0 Å². The summed E-state index contributed by atoms with van der Waals surface area (Å²) in [6, 6.07) is 3.85. The van der Waals surface area contributed by atoms with Crippen molar-refractivity contribution in [2.45, 2.75) is 13.3 Å². The van der Waals surface area contributed by atoms with Crippen LogP contribution in [0.1, 0.15) is 18.9 Å². The summed E-state index contributed by atoms with van der Waals surface area (Å²) in [5.74, 6) is 1.98. The number of hydrogen-bond acceptors (Lipinski definition) is 3. The molecule has 0 atom stereocenters. The number of hydrogen-bond donors (Lipinski definition) is 0. The van der Waals surface area contributed by atoms with Gasteiger partial charge in [-0.3, -0.25) is 0 Å². The molecule has 0 fully saturated rings. The molecule has 0 spiro atoms. The van der Waals surface area contributed by atoms with Crippen LogP contribution in [0.5, 0.6) is 17.2 Å². The Kier molecular flexibility index (Phi) is 4.70. The smallest absolute Gasteiger partial charge is 0.203 e. The molecule has 1 rings (SSSR count). The summed E-state index contributed by atoms with van der Waals surface area (Å²) in [5.41, 5.74) is 1.04. The molecule has 0 radical (unpaired) electrons. The minimum Gasteiger partial charge on any atom is -0.493 e. The Bertz CT molecular complexity index is 344. The highest BCUT2D eigenvalue weighted by molar-refractivity contribution is 5.62. The molecule has 1 aromatic carbocycles. The third-order valence-corrected chi connectivity index (χ3v) is 2.23. The molecule has 3 nitrogen and oxygen atoms in total. The van der Waals surface area contributed by atoms with Gasteiger partial charge in [0, 0.05) is 0 Å². The van der Waals surface area contributed by atoms with E-state index in [1.54, 1.807) is 21.3 Å². The van der Waals surface area contributed by atoms with E-state index in [-0.39, 0.29) is 0 Å². The van der Waals surface area contributed by atoms with E-state index in [4.69, 9.17) is 14.2 Å². The summed E-state index contributed by atoms with van der Waals surface area (Å²) in [6.45, 7) is 2.09. The van der Waals surface area contributed by atoms with Gasteiger partial charge in [0.25, 0.3) is 0 Å². The third-order valence-electron chi connectivity index (χ3n) is 2.23. The van der Waals surface area contributed by atoms with Crippen LogP contribution < -0.4 is 14.2 Å².